The second-order valence-corrected chi connectivity index (χ2v) is 7.80. The van der Waals surface area contributed by atoms with Crippen LogP contribution in [0.4, 0.5) is 0 Å². The summed E-state index contributed by atoms with van der Waals surface area (Å²) in [6.07, 6.45) is 1.90. The van der Waals surface area contributed by atoms with Gasteiger partial charge in [0.05, 0.1) is 17.2 Å². The van der Waals surface area contributed by atoms with Crippen LogP contribution >= 0.6 is 0 Å². The van der Waals surface area contributed by atoms with E-state index in [-0.39, 0.29) is 12.2 Å². The van der Waals surface area contributed by atoms with Gasteiger partial charge < -0.3 is 14.4 Å². The van der Waals surface area contributed by atoms with Crippen molar-refractivity contribution in [2.24, 2.45) is 7.05 Å². The highest BCUT2D eigenvalue weighted by Gasteiger charge is 2.31. The first-order chi connectivity index (χ1) is 14.1. The molecule has 0 fully saturated rings. The minimum atomic E-state index is -1.22. The molecular weight excluding hydrogens is 380 g/mol. The van der Waals surface area contributed by atoms with Crippen LogP contribution in [-0.4, -0.2) is 21.2 Å². The molecular formula is C24H22N2O4. The Morgan fingerprint density at radius 1 is 1.30 bits per heavy atom. The maximum Gasteiger partial charge on any atom is 0.339 e. The van der Waals surface area contributed by atoms with Gasteiger partial charge in [0.1, 0.15) is 12.2 Å². The number of nitriles is 1. The van der Waals surface area contributed by atoms with Crippen molar-refractivity contribution in [2.75, 3.05) is 0 Å². The summed E-state index contributed by atoms with van der Waals surface area (Å²) < 4.78 is 6.93. The second-order valence-electron chi connectivity index (χ2n) is 7.80. The molecule has 0 spiro atoms. The van der Waals surface area contributed by atoms with Crippen LogP contribution in [0.1, 0.15) is 48.6 Å². The third-order valence-corrected chi connectivity index (χ3v) is 4.79. The standard InChI is InChI=1S/C24H22N2O4/c1-15-11-19-21(17(9-10-24(2,3)29)13-26(4)22(19)27)20(15)23(28)30-14-18-8-6-5-7-16(18)12-25/h5-8,13,29H,11,14H2,1-4H3. The van der Waals surface area contributed by atoms with E-state index in [1.165, 1.54) is 4.57 Å². The molecule has 1 N–H and O–H groups in total. The molecule has 0 saturated heterocycles. The highest BCUT2D eigenvalue weighted by atomic mass is 16.5. The summed E-state index contributed by atoms with van der Waals surface area (Å²) in [5, 5.41) is 19.2. The van der Waals surface area contributed by atoms with Crippen molar-refractivity contribution in [2.45, 2.75) is 39.4 Å². The number of nitrogens with zero attached hydrogens (tertiary/aromatic N) is 2. The largest absolute Gasteiger partial charge is 0.457 e. The summed E-state index contributed by atoms with van der Waals surface area (Å²) in [4.78, 5) is 25.6. The Kier molecular flexibility index (Phi) is 5.64. The van der Waals surface area contributed by atoms with E-state index in [0.717, 1.165) is 5.57 Å². The van der Waals surface area contributed by atoms with Crippen LogP contribution in [0.25, 0.3) is 5.57 Å². The quantitative estimate of drug-likeness (QED) is 0.629. The molecule has 2 aromatic rings. The Bertz CT molecular complexity index is 1230. The van der Waals surface area contributed by atoms with Gasteiger partial charge in [-0.05, 0) is 26.8 Å². The van der Waals surface area contributed by atoms with Crippen molar-refractivity contribution in [3.05, 3.63) is 74.2 Å². The average molecular weight is 402 g/mol. The van der Waals surface area contributed by atoms with E-state index in [1.54, 1.807) is 58.3 Å². The van der Waals surface area contributed by atoms with Crippen molar-refractivity contribution >= 4 is 11.5 Å². The number of fused-ring (bicyclic) bond motifs is 1. The number of aliphatic hydroxyl groups is 1. The van der Waals surface area contributed by atoms with Crippen molar-refractivity contribution in [1.82, 2.24) is 4.57 Å². The topological polar surface area (TPSA) is 92.3 Å². The van der Waals surface area contributed by atoms with Crippen LogP contribution in [0.5, 0.6) is 0 Å². The fourth-order valence-electron chi connectivity index (χ4n) is 3.38. The fraction of sp³-hybridized carbons (Fsp3) is 0.292. The number of hydrogen-bond acceptors (Lipinski definition) is 5. The van der Waals surface area contributed by atoms with Gasteiger partial charge in [0.15, 0.2) is 0 Å². The van der Waals surface area contributed by atoms with Crippen LogP contribution in [0.15, 0.2) is 40.8 Å². The van der Waals surface area contributed by atoms with Crippen molar-refractivity contribution in [3.8, 4) is 17.9 Å². The lowest BCUT2D eigenvalue weighted by Gasteiger charge is -2.12. The van der Waals surface area contributed by atoms with E-state index >= 15 is 0 Å². The number of aromatic nitrogens is 1. The lowest BCUT2D eigenvalue weighted by Crippen LogP contribution is -2.23. The number of ether oxygens (including phenoxy) is 1. The van der Waals surface area contributed by atoms with Gasteiger partial charge in [-0.15, -0.1) is 0 Å². The molecule has 30 heavy (non-hydrogen) atoms. The van der Waals surface area contributed by atoms with Gasteiger partial charge >= 0.3 is 5.97 Å². The van der Waals surface area contributed by atoms with E-state index < -0.39 is 11.6 Å². The molecule has 1 heterocycles. The molecule has 6 heteroatoms. The normalized spacial score (nSPS) is 12.7. The molecule has 0 radical (unpaired) electrons. The number of allylic oxidation sites excluding steroid dienone is 1. The van der Waals surface area contributed by atoms with Gasteiger partial charge in [0, 0.05) is 41.9 Å². The van der Waals surface area contributed by atoms with E-state index in [0.29, 0.717) is 39.8 Å². The first-order valence-electron chi connectivity index (χ1n) is 9.45. The zero-order valence-electron chi connectivity index (χ0n) is 17.4. The van der Waals surface area contributed by atoms with Gasteiger partial charge in [-0.2, -0.15) is 5.26 Å². The van der Waals surface area contributed by atoms with E-state index in [4.69, 9.17) is 4.74 Å². The van der Waals surface area contributed by atoms with Crippen molar-refractivity contribution in [1.29, 1.82) is 5.26 Å². The Morgan fingerprint density at radius 2 is 2.00 bits per heavy atom. The van der Waals surface area contributed by atoms with Gasteiger partial charge in [-0.3, -0.25) is 4.79 Å². The number of pyridine rings is 1. The molecule has 1 aliphatic carbocycles. The molecule has 0 aliphatic heterocycles. The number of carbonyl (C=O) groups is 1. The molecule has 0 amide bonds. The summed E-state index contributed by atoms with van der Waals surface area (Å²) in [7, 11) is 1.63. The molecule has 0 unspecified atom stereocenters. The van der Waals surface area contributed by atoms with Crippen molar-refractivity contribution < 1.29 is 14.6 Å². The van der Waals surface area contributed by atoms with E-state index in [2.05, 4.69) is 17.9 Å². The zero-order valence-corrected chi connectivity index (χ0v) is 17.4. The zero-order chi connectivity index (χ0) is 22.1. The lowest BCUT2D eigenvalue weighted by molar-refractivity contribution is -0.137. The predicted molar refractivity (Wildman–Crippen MR) is 112 cm³/mol. The van der Waals surface area contributed by atoms with Crippen LogP contribution < -0.4 is 5.56 Å². The van der Waals surface area contributed by atoms with E-state index in [1.807, 2.05) is 0 Å². The minimum absolute atomic E-state index is 0.0514. The van der Waals surface area contributed by atoms with Crippen LogP contribution in [0.2, 0.25) is 0 Å². The smallest absolute Gasteiger partial charge is 0.339 e. The SMILES string of the molecule is CC1=C(C(=O)OCc2ccccc2C#N)c2c(C#CC(C)(C)O)cn(C)c(=O)c2C1. The molecule has 1 aliphatic rings. The maximum absolute atomic E-state index is 13.0. The number of aryl methyl sites for hydroxylation is 1. The molecule has 1 aromatic carbocycles. The van der Waals surface area contributed by atoms with Crippen LogP contribution in [0.3, 0.4) is 0 Å². The predicted octanol–water partition coefficient (Wildman–Crippen LogP) is 2.45. The van der Waals surface area contributed by atoms with Crippen LogP contribution in [0, 0.1) is 23.2 Å². The molecule has 6 nitrogen and oxygen atoms in total. The number of benzene rings is 1. The molecule has 1 aromatic heterocycles. The summed E-state index contributed by atoms with van der Waals surface area (Å²) in [5.74, 6) is 5.08. The summed E-state index contributed by atoms with van der Waals surface area (Å²) in [5.41, 5.74) is 2.10. The molecule has 152 valence electrons. The Balaban J connectivity index is 2.00. The average Bonchev–Trinajstić information content (AvgIpc) is 3.05. The first kappa shape index (κ1) is 21.1. The minimum Gasteiger partial charge on any atom is -0.457 e. The summed E-state index contributed by atoms with van der Waals surface area (Å²) >= 11 is 0. The number of esters is 1. The highest BCUT2D eigenvalue weighted by Crippen LogP contribution is 2.34. The Hall–Kier alpha value is -3.61. The monoisotopic (exact) mass is 402 g/mol. The number of carbonyl (C=O) groups excluding carboxylic acids is 1. The summed E-state index contributed by atoms with van der Waals surface area (Å²) in [6, 6.07) is 8.98. The van der Waals surface area contributed by atoms with Gasteiger partial charge in [-0.25, -0.2) is 4.79 Å². The molecule has 3 rings (SSSR count). The molecule has 0 saturated carbocycles. The van der Waals surface area contributed by atoms with E-state index in [9.17, 15) is 20.0 Å². The third-order valence-electron chi connectivity index (χ3n) is 4.79. The molecule has 0 bridgehead atoms. The molecule has 0 atom stereocenters. The number of hydrogen-bond donors (Lipinski definition) is 1. The van der Waals surface area contributed by atoms with Gasteiger partial charge in [0.2, 0.25) is 0 Å². The second kappa shape index (κ2) is 8.02. The Morgan fingerprint density at radius 3 is 2.67 bits per heavy atom. The number of rotatable bonds is 3. The van der Waals surface area contributed by atoms with Gasteiger partial charge in [-0.1, -0.05) is 35.6 Å². The lowest BCUT2D eigenvalue weighted by atomic mass is 10.00. The third kappa shape index (κ3) is 4.20. The fourth-order valence-corrected chi connectivity index (χ4v) is 3.38. The maximum atomic E-state index is 13.0. The van der Waals surface area contributed by atoms with Crippen LogP contribution in [-0.2, 0) is 29.6 Å². The van der Waals surface area contributed by atoms with Crippen molar-refractivity contribution in [3.63, 3.8) is 0 Å². The Labute approximate surface area is 175 Å². The van der Waals surface area contributed by atoms with Gasteiger partial charge in [0.25, 0.3) is 5.56 Å². The summed E-state index contributed by atoms with van der Waals surface area (Å²) in [6.45, 7) is 4.85. The highest BCUT2D eigenvalue weighted by molar-refractivity contribution is 6.19. The first-order valence-corrected chi connectivity index (χ1v) is 9.45.